The van der Waals surface area contributed by atoms with Crippen LogP contribution in [0.25, 0.3) is 0 Å². The molecule has 1 heterocycles. The summed E-state index contributed by atoms with van der Waals surface area (Å²) in [6.07, 6.45) is 6.01. The first-order valence-electron chi connectivity index (χ1n) is 7.22. The molecule has 1 aromatic heterocycles. The van der Waals surface area contributed by atoms with Gasteiger partial charge in [0, 0.05) is 6.04 Å². The van der Waals surface area contributed by atoms with Gasteiger partial charge in [0.1, 0.15) is 12.2 Å². The van der Waals surface area contributed by atoms with Crippen molar-refractivity contribution in [3.8, 4) is 0 Å². The summed E-state index contributed by atoms with van der Waals surface area (Å²) in [5.74, 6) is -0.214. The van der Waals surface area contributed by atoms with Crippen LogP contribution >= 0.6 is 0 Å². The molecule has 0 aromatic carbocycles. The number of carbonyl (C=O) groups excluding carboxylic acids is 1. The van der Waals surface area contributed by atoms with Crippen molar-refractivity contribution in [1.82, 2.24) is 25.6 Å². The number of nitrogens with one attached hydrogen (secondary N) is 2. The lowest BCUT2D eigenvalue weighted by molar-refractivity contribution is -0.137. The Bertz CT molecular complexity index is 498. The van der Waals surface area contributed by atoms with E-state index in [1.165, 1.54) is 23.7 Å². The Kier molecular flexibility index (Phi) is 5.13. The molecule has 1 unspecified atom stereocenters. The molecular formula is C13H21N5O3. The molecule has 8 nitrogen and oxygen atoms in total. The molecule has 0 bridgehead atoms. The molecule has 0 spiro atoms. The number of carbonyl (C=O) groups is 2. The fraction of sp³-hybridized carbons (Fsp3) is 0.692. The average Bonchev–Trinajstić information content (AvgIpc) is 3.14. The van der Waals surface area contributed by atoms with Crippen molar-refractivity contribution < 1.29 is 14.7 Å². The van der Waals surface area contributed by atoms with Crippen LogP contribution in [-0.4, -0.2) is 38.1 Å². The summed E-state index contributed by atoms with van der Waals surface area (Å²) >= 11 is 0. The summed E-state index contributed by atoms with van der Waals surface area (Å²) in [6, 6.07) is -0.0181. The van der Waals surface area contributed by atoms with Crippen molar-refractivity contribution in [2.75, 3.05) is 0 Å². The van der Waals surface area contributed by atoms with Crippen molar-refractivity contribution in [2.24, 2.45) is 5.92 Å². The van der Waals surface area contributed by atoms with E-state index in [0.717, 1.165) is 18.8 Å². The second-order valence-corrected chi connectivity index (χ2v) is 5.41. The highest BCUT2D eigenvalue weighted by Gasteiger charge is 2.25. The second-order valence-electron chi connectivity index (χ2n) is 5.41. The van der Waals surface area contributed by atoms with E-state index < -0.39 is 5.97 Å². The minimum absolute atomic E-state index is 0.209. The zero-order valence-electron chi connectivity index (χ0n) is 12.1. The molecule has 2 rings (SSSR count). The summed E-state index contributed by atoms with van der Waals surface area (Å²) in [5.41, 5.74) is 0.529. The van der Waals surface area contributed by atoms with E-state index in [9.17, 15) is 9.59 Å². The van der Waals surface area contributed by atoms with Crippen molar-refractivity contribution in [2.45, 2.75) is 51.7 Å². The summed E-state index contributed by atoms with van der Waals surface area (Å²) in [5, 5.41) is 21.8. The fourth-order valence-corrected chi connectivity index (χ4v) is 2.13. The highest BCUT2D eigenvalue weighted by Crippen LogP contribution is 2.33. The maximum atomic E-state index is 11.8. The van der Waals surface area contributed by atoms with Gasteiger partial charge in [-0.2, -0.15) is 0 Å². The van der Waals surface area contributed by atoms with Gasteiger partial charge in [0.2, 0.25) is 0 Å². The summed E-state index contributed by atoms with van der Waals surface area (Å²) in [6.45, 7) is 2.05. The second kappa shape index (κ2) is 7.05. The lowest BCUT2D eigenvalue weighted by atomic mass is 10.1. The van der Waals surface area contributed by atoms with Gasteiger partial charge < -0.3 is 15.7 Å². The molecule has 3 N–H and O–H groups in total. The summed E-state index contributed by atoms with van der Waals surface area (Å²) in [4.78, 5) is 22.3. The van der Waals surface area contributed by atoms with Gasteiger partial charge in [-0.3, -0.25) is 4.79 Å². The van der Waals surface area contributed by atoms with E-state index >= 15 is 0 Å². The van der Waals surface area contributed by atoms with Gasteiger partial charge in [-0.15, -0.1) is 5.10 Å². The largest absolute Gasteiger partial charge is 0.480 e. The minimum Gasteiger partial charge on any atom is -0.480 e. The van der Waals surface area contributed by atoms with Crippen LogP contribution in [0.1, 0.15) is 38.3 Å². The quantitative estimate of drug-likeness (QED) is 0.655. The minimum atomic E-state index is -0.983. The molecule has 1 aromatic rings. The molecule has 1 atom stereocenters. The lowest BCUT2D eigenvalue weighted by Crippen LogP contribution is -2.41. The highest BCUT2D eigenvalue weighted by molar-refractivity contribution is 5.74. The van der Waals surface area contributed by atoms with Crippen molar-refractivity contribution in [3.05, 3.63) is 11.9 Å². The molecule has 2 amide bonds. The van der Waals surface area contributed by atoms with Gasteiger partial charge in [-0.05, 0) is 18.8 Å². The van der Waals surface area contributed by atoms with Gasteiger partial charge in [-0.1, -0.05) is 25.0 Å². The Morgan fingerprint density at radius 3 is 2.90 bits per heavy atom. The van der Waals surface area contributed by atoms with Crippen LogP contribution in [0.5, 0.6) is 0 Å². The smallest absolute Gasteiger partial charge is 0.325 e. The first-order chi connectivity index (χ1) is 10.1. The van der Waals surface area contributed by atoms with E-state index in [2.05, 4.69) is 27.9 Å². The molecule has 8 heteroatoms. The van der Waals surface area contributed by atoms with Gasteiger partial charge in [0.15, 0.2) is 0 Å². The maximum absolute atomic E-state index is 11.8. The first kappa shape index (κ1) is 15.3. The number of hydrogen-bond acceptors (Lipinski definition) is 4. The zero-order chi connectivity index (χ0) is 15.2. The Morgan fingerprint density at radius 2 is 2.29 bits per heavy atom. The van der Waals surface area contributed by atoms with E-state index in [1.54, 1.807) is 0 Å². The van der Waals surface area contributed by atoms with E-state index in [1.807, 2.05) is 0 Å². The van der Waals surface area contributed by atoms with Gasteiger partial charge in [0.05, 0.1) is 12.7 Å². The number of carboxylic acids is 1. The van der Waals surface area contributed by atoms with E-state index in [-0.39, 0.29) is 25.2 Å². The maximum Gasteiger partial charge on any atom is 0.325 e. The Morgan fingerprint density at radius 1 is 1.52 bits per heavy atom. The van der Waals surface area contributed by atoms with E-state index in [4.69, 9.17) is 5.11 Å². The third kappa shape index (κ3) is 5.41. The van der Waals surface area contributed by atoms with Crippen molar-refractivity contribution in [1.29, 1.82) is 0 Å². The van der Waals surface area contributed by atoms with Crippen LogP contribution in [0.15, 0.2) is 6.20 Å². The van der Waals surface area contributed by atoms with Gasteiger partial charge in [-0.25, -0.2) is 9.48 Å². The highest BCUT2D eigenvalue weighted by atomic mass is 16.4. The number of hydrogen-bond donors (Lipinski definition) is 3. The Labute approximate surface area is 122 Å². The monoisotopic (exact) mass is 295 g/mol. The van der Waals surface area contributed by atoms with Gasteiger partial charge >= 0.3 is 12.0 Å². The summed E-state index contributed by atoms with van der Waals surface area (Å²) < 4.78 is 1.22. The molecule has 0 saturated heterocycles. The number of nitrogens with zero attached hydrogens (tertiary/aromatic N) is 3. The van der Waals surface area contributed by atoms with Crippen LogP contribution in [0.4, 0.5) is 4.79 Å². The standard InChI is InChI=1S/C13H21N5O3/c1-2-10(5-9-3-4-9)15-13(21)14-6-11-7-18(17-16-11)8-12(19)20/h7,9-10H,2-6,8H2,1H3,(H,19,20)(H2,14,15,21). The molecule has 0 aliphatic heterocycles. The third-order valence-corrected chi connectivity index (χ3v) is 3.46. The molecule has 21 heavy (non-hydrogen) atoms. The molecular weight excluding hydrogens is 274 g/mol. The van der Waals surface area contributed by atoms with Crippen LogP contribution in [0.2, 0.25) is 0 Å². The normalized spacial score (nSPS) is 15.5. The molecule has 0 radical (unpaired) electrons. The predicted octanol–water partition coefficient (Wildman–Crippen LogP) is 0.741. The first-order valence-corrected chi connectivity index (χ1v) is 7.22. The third-order valence-electron chi connectivity index (χ3n) is 3.46. The fourth-order valence-electron chi connectivity index (χ4n) is 2.13. The molecule has 1 fully saturated rings. The average molecular weight is 295 g/mol. The number of carboxylic acid groups (broad SMARTS) is 1. The van der Waals surface area contributed by atoms with Gasteiger partial charge in [0.25, 0.3) is 0 Å². The number of rotatable bonds is 8. The van der Waals surface area contributed by atoms with Crippen molar-refractivity contribution in [3.63, 3.8) is 0 Å². The van der Waals surface area contributed by atoms with Crippen LogP contribution < -0.4 is 10.6 Å². The Balaban J connectivity index is 1.72. The predicted molar refractivity (Wildman–Crippen MR) is 74.4 cm³/mol. The Hall–Kier alpha value is -2.12. The van der Waals surface area contributed by atoms with Crippen LogP contribution in [0, 0.1) is 5.92 Å². The van der Waals surface area contributed by atoms with Crippen LogP contribution in [-0.2, 0) is 17.9 Å². The topological polar surface area (TPSA) is 109 Å². The molecule has 1 aliphatic carbocycles. The van der Waals surface area contributed by atoms with E-state index in [0.29, 0.717) is 5.69 Å². The lowest BCUT2D eigenvalue weighted by Gasteiger charge is -2.16. The van der Waals surface area contributed by atoms with Crippen LogP contribution in [0.3, 0.4) is 0 Å². The SMILES string of the molecule is CCC(CC1CC1)NC(=O)NCc1cn(CC(=O)O)nn1. The molecule has 116 valence electrons. The number of aliphatic carboxylic acids is 1. The molecule has 1 saturated carbocycles. The number of amides is 2. The zero-order valence-corrected chi connectivity index (χ0v) is 12.1. The van der Waals surface area contributed by atoms with Crippen molar-refractivity contribution >= 4 is 12.0 Å². The number of aromatic nitrogens is 3. The number of urea groups is 1. The molecule has 1 aliphatic rings. The summed E-state index contributed by atoms with van der Waals surface area (Å²) in [7, 11) is 0.